The monoisotopic (exact) mass is 490 g/mol. The lowest BCUT2D eigenvalue weighted by Crippen LogP contribution is -2.49. The molecule has 0 atom stereocenters. The van der Waals surface area contributed by atoms with Gasteiger partial charge in [0.25, 0.3) is 0 Å². The van der Waals surface area contributed by atoms with Gasteiger partial charge in [-0.05, 0) is 85.8 Å². The number of hydrogen-bond donors (Lipinski definition) is 4. The molecule has 4 aromatic rings. The number of aromatic nitrogens is 2. The first-order valence-electron chi connectivity index (χ1n) is 12.7. The summed E-state index contributed by atoms with van der Waals surface area (Å²) in [5.41, 5.74) is 3.11. The Kier molecular flexibility index (Phi) is 6.45. The van der Waals surface area contributed by atoms with Crippen LogP contribution < -0.4 is 11.2 Å². The lowest BCUT2D eigenvalue weighted by molar-refractivity contribution is -0.0893. The topological polar surface area (TPSA) is 90.5 Å². The highest BCUT2D eigenvalue weighted by molar-refractivity contribution is 6.49. The van der Waals surface area contributed by atoms with Gasteiger partial charge in [0.1, 0.15) is 0 Å². The van der Waals surface area contributed by atoms with E-state index in [1.165, 1.54) is 0 Å². The number of rotatable bonds is 8. The van der Waals surface area contributed by atoms with E-state index in [9.17, 15) is 10.2 Å². The molecule has 2 aromatic carbocycles. The molecule has 2 heterocycles. The third kappa shape index (κ3) is 4.49. The van der Waals surface area contributed by atoms with Crippen LogP contribution in [0.4, 0.5) is 0 Å². The summed E-state index contributed by atoms with van der Waals surface area (Å²) >= 11 is 0. The maximum atomic E-state index is 10.5. The molecular formula is C28H40B2N2O4. The van der Waals surface area contributed by atoms with E-state index < -0.39 is 22.4 Å². The second-order valence-electron chi connectivity index (χ2n) is 12.2. The molecule has 0 fully saturated rings. The van der Waals surface area contributed by atoms with E-state index in [2.05, 4.69) is 48.1 Å². The molecule has 2 aromatic heterocycles. The summed E-state index contributed by atoms with van der Waals surface area (Å²) in [5.74, 6) is 0. The van der Waals surface area contributed by atoms with Gasteiger partial charge in [-0.2, -0.15) is 0 Å². The molecular weight excluding hydrogens is 450 g/mol. The number of hydrogen-bond acceptors (Lipinski definition) is 4. The molecule has 0 radical (unpaired) electrons. The van der Waals surface area contributed by atoms with E-state index in [-0.39, 0.29) is 0 Å². The third-order valence-electron chi connectivity index (χ3n) is 8.55. The second kappa shape index (κ2) is 8.66. The van der Waals surface area contributed by atoms with Crippen LogP contribution in [0.1, 0.15) is 66.5 Å². The predicted molar refractivity (Wildman–Crippen MR) is 154 cm³/mol. The average Bonchev–Trinajstić information content (AvgIpc) is 3.25. The van der Waals surface area contributed by atoms with Gasteiger partial charge >= 0.3 is 15.0 Å². The van der Waals surface area contributed by atoms with Crippen molar-refractivity contribution in [2.75, 3.05) is 0 Å². The Morgan fingerprint density at radius 1 is 0.639 bits per heavy atom. The van der Waals surface area contributed by atoms with Crippen LogP contribution in [0.3, 0.4) is 0 Å². The molecule has 36 heavy (non-hydrogen) atoms. The lowest BCUT2D eigenvalue weighted by atomic mass is 9.84. The summed E-state index contributed by atoms with van der Waals surface area (Å²) in [6.45, 7) is 18.9. The first-order valence-corrected chi connectivity index (χ1v) is 12.7. The number of benzene rings is 2. The standard InChI is InChI=1S/C28H40B2N2O4/c1-15-18-13-11-17-12-14-19-16(2)24(30-36-28(9,10)26(5,6)34)32-22(19)20(17)21(18)31-23(15)29-35-27(7,8)25(3,4)33/h11-14,29-34H,1-10H3. The zero-order chi connectivity index (χ0) is 26.8. The van der Waals surface area contributed by atoms with Gasteiger partial charge in [-0.3, -0.25) is 0 Å². The smallest absolute Gasteiger partial charge is 0.326 e. The molecule has 0 aliphatic rings. The van der Waals surface area contributed by atoms with Gasteiger partial charge in [-0.25, -0.2) is 0 Å². The van der Waals surface area contributed by atoms with Crippen molar-refractivity contribution in [3.05, 3.63) is 35.4 Å². The van der Waals surface area contributed by atoms with E-state index in [4.69, 9.17) is 9.31 Å². The third-order valence-corrected chi connectivity index (χ3v) is 8.55. The number of aliphatic hydroxyl groups is 2. The molecule has 8 heteroatoms. The van der Waals surface area contributed by atoms with Crippen LogP contribution in [0.25, 0.3) is 32.6 Å². The average molecular weight is 490 g/mol. The van der Waals surface area contributed by atoms with Crippen molar-refractivity contribution in [1.82, 2.24) is 9.97 Å². The minimum Gasteiger partial charge on any atom is -0.425 e. The maximum absolute atomic E-state index is 10.5. The van der Waals surface area contributed by atoms with Crippen LogP contribution in [0, 0.1) is 13.8 Å². The highest BCUT2D eigenvalue weighted by atomic mass is 16.5. The Morgan fingerprint density at radius 3 is 1.33 bits per heavy atom. The van der Waals surface area contributed by atoms with E-state index in [0.29, 0.717) is 15.0 Å². The van der Waals surface area contributed by atoms with Crippen molar-refractivity contribution < 1.29 is 19.5 Å². The summed E-state index contributed by atoms with van der Waals surface area (Å²) in [6, 6.07) is 8.64. The summed E-state index contributed by atoms with van der Waals surface area (Å²) in [6.07, 6.45) is 0. The maximum Gasteiger partial charge on any atom is 0.326 e. The van der Waals surface area contributed by atoms with Gasteiger partial charge in [0.2, 0.25) is 0 Å². The highest BCUT2D eigenvalue weighted by Gasteiger charge is 2.37. The van der Waals surface area contributed by atoms with Crippen LogP contribution in [0.2, 0.25) is 0 Å². The zero-order valence-corrected chi connectivity index (χ0v) is 23.4. The molecule has 0 unspecified atom stereocenters. The highest BCUT2D eigenvalue weighted by Crippen LogP contribution is 2.33. The first kappa shape index (κ1) is 26.8. The molecule has 4 N–H and O–H groups in total. The fourth-order valence-corrected chi connectivity index (χ4v) is 4.26. The normalized spacial score (nSPS) is 13.8. The summed E-state index contributed by atoms with van der Waals surface area (Å²) in [7, 11) is 0.758. The quantitative estimate of drug-likeness (QED) is 0.285. The van der Waals surface area contributed by atoms with Gasteiger partial charge in [-0.15, -0.1) is 0 Å². The van der Waals surface area contributed by atoms with E-state index in [1.807, 2.05) is 27.7 Å². The number of H-pyrrole nitrogens is 2. The van der Waals surface area contributed by atoms with Crippen molar-refractivity contribution in [2.24, 2.45) is 0 Å². The van der Waals surface area contributed by atoms with Crippen molar-refractivity contribution in [3.63, 3.8) is 0 Å². The van der Waals surface area contributed by atoms with Crippen LogP contribution in [0.5, 0.6) is 0 Å². The van der Waals surface area contributed by atoms with Crippen LogP contribution in [-0.2, 0) is 9.31 Å². The molecule has 6 nitrogen and oxygen atoms in total. The van der Waals surface area contributed by atoms with Gasteiger partial charge in [-0.1, -0.05) is 24.3 Å². The van der Waals surface area contributed by atoms with Crippen molar-refractivity contribution in [2.45, 2.75) is 91.6 Å². The van der Waals surface area contributed by atoms with Crippen molar-refractivity contribution in [1.29, 1.82) is 0 Å². The van der Waals surface area contributed by atoms with E-state index in [1.54, 1.807) is 27.7 Å². The van der Waals surface area contributed by atoms with E-state index >= 15 is 0 Å². The van der Waals surface area contributed by atoms with Crippen molar-refractivity contribution in [3.8, 4) is 0 Å². The van der Waals surface area contributed by atoms with Gasteiger partial charge in [0.15, 0.2) is 0 Å². The minimum atomic E-state index is -0.966. The van der Waals surface area contributed by atoms with Crippen LogP contribution in [-0.4, -0.2) is 57.5 Å². The number of nitrogens with one attached hydrogen (secondary N) is 2. The molecule has 0 aliphatic heterocycles. The second-order valence-corrected chi connectivity index (χ2v) is 12.2. The molecule has 0 saturated carbocycles. The molecule has 0 spiro atoms. The Bertz CT molecular complexity index is 1330. The molecule has 0 bridgehead atoms. The van der Waals surface area contributed by atoms with Crippen LogP contribution >= 0.6 is 0 Å². The summed E-state index contributed by atoms with van der Waals surface area (Å²) in [5, 5.41) is 25.6. The number of aromatic amines is 2. The molecule has 0 saturated heterocycles. The largest absolute Gasteiger partial charge is 0.425 e. The number of aryl methyl sites for hydroxylation is 2. The van der Waals surface area contributed by atoms with Gasteiger partial charge in [0, 0.05) is 27.3 Å². The lowest BCUT2D eigenvalue weighted by Gasteiger charge is -2.37. The van der Waals surface area contributed by atoms with E-state index in [0.717, 1.165) is 54.9 Å². The Hall–Kier alpha value is -2.25. The zero-order valence-electron chi connectivity index (χ0n) is 23.4. The molecule has 192 valence electrons. The first-order chi connectivity index (χ1) is 16.4. The number of fused-ring (bicyclic) bond motifs is 5. The Balaban J connectivity index is 1.79. The minimum absolute atomic E-state index is 0.379. The Morgan fingerprint density at radius 2 is 1.00 bits per heavy atom. The molecule has 0 aliphatic carbocycles. The fraction of sp³-hybridized carbons (Fsp3) is 0.500. The Labute approximate surface area is 215 Å². The predicted octanol–water partition coefficient (Wildman–Crippen LogP) is 3.51. The van der Waals surface area contributed by atoms with Crippen molar-refractivity contribution >= 4 is 58.7 Å². The molecule has 0 amide bonds. The SMILES string of the molecule is Cc1c(BOC(C)(C)C(C)(C)O)[nH]c2c1ccc1ccc3c(C)c(BOC(C)(C)C(C)(C)O)[nH]c3c12. The van der Waals surface area contributed by atoms with Gasteiger partial charge < -0.3 is 29.5 Å². The summed E-state index contributed by atoms with van der Waals surface area (Å²) in [4.78, 5) is 7.27. The fourth-order valence-electron chi connectivity index (χ4n) is 4.26. The summed E-state index contributed by atoms with van der Waals surface area (Å²) < 4.78 is 12.4. The van der Waals surface area contributed by atoms with Gasteiger partial charge in [0.05, 0.1) is 33.4 Å². The molecule has 4 rings (SSSR count). The van der Waals surface area contributed by atoms with Crippen LogP contribution in [0.15, 0.2) is 24.3 Å².